The van der Waals surface area contributed by atoms with Gasteiger partial charge >= 0.3 is 5.97 Å². The highest BCUT2D eigenvalue weighted by molar-refractivity contribution is 5.88. The summed E-state index contributed by atoms with van der Waals surface area (Å²) in [5.41, 5.74) is -1.01. The maximum Gasteiger partial charge on any atom is 0.329 e. The SMILES string of the molecule is O=C(NC1(C(=O)O)CCCCC1)[C@H]1CCCNC1. The van der Waals surface area contributed by atoms with Crippen LogP contribution in [0.2, 0.25) is 0 Å². The van der Waals surface area contributed by atoms with Crippen molar-refractivity contribution in [3.8, 4) is 0 Å². The minimum atomic E-state index is -1.01. The second-order valence-electron chi connectivity index (χ2n) is 5.48. The van der Waals surface area contributed by atoms with Crippen LogP contribution in [0.25, 0.3) is 0 Å². The molecule has 18 heavy (non-hydrogen) atoms. The summed E-state index contributed by atoms with van der Waals surface area (Å²) in [5, 5.41) is 15.4. The Hall–Kier alpha value is -1.10. The van der Waals surface area contributed by atoms with Crippen LogP contribution < -0.4 is 10.6 Å². The molecule has 0 aromatic carbocycles. The van der Waals surface area contributed by atoms with Crippen molar-refractivity contribution in [1.29, 1.82) is 0 Å². The van der Waals surface area contributed by atoms with E-state index in [0.717, 1.165) is 38.6 Å². The van der Waals surface area contributed by atoms with E-state index < -0.39 is 11.5 Å². The molecule has 1 amide bonds. The van der Waals surface area contributed by atoms with Gasteiger partial charge in [-0.2, -0.15) is 0 Å². The van der Waals surface area contributed by atoms with Crippen LogP contribution in [0.15, 0.2) is 0 Å². The molecule has 1 aliphatic carbocycles. The first-order valence-corrected chi connectivity index (χ1v) is 6.90. The zero-order chi connectivity index (χ0) is 13.0. The van der Waals surface area contributed by atoms with Gasteiger partial charge in [-0.1, -0.05) is 19.3 Å². The van der Waals surface area contributed by atoms with E-state index in [2.05, 4.69) is 10.6 Å². The van der Waals surface area contributed by atoms with Crippen LogP contribution in [0.3, 0.4) is 0 Å². The first-order valence-electron chi connectivity index (χ1n) is 6.90. The average molecular weight is 254 g/mol. The zero-order valence-electron chi connectivity index (χ0n) is 10.7. The van der Waals surface area contributed by atoms with Crippen molar-refractivity contribution in [2.45, 2.75) is 50.5 Å². The number of hydrogen-bond acceptors (Lipinski definition) is 3. The number of amides is 1. The lowest BCUT2D eigenvalue weighted by Crippen LogP contribution is -2.58. The van der Waals surface area contributed by atoms with Crippen LogP contribution in [0.1, 0.15) is 44.9 Å². The predicted molar refractivity (Wildman–Crippen MR) is 67.2 cm³/mol. The van der Waals surface area contributed by atoms with Gasteiger partial charge < -0.3 is 15.7 Å². The molecular formula is C13H22N2O3. The molecule has 2 rings (SSSR count). The molecular weight excluding hydrogens is 232 g/mol. The molecule has 1 saturated carbocycles. The average Bonchev–Trinajstić information content (AvgIpc) is 2.40. The molecule has 5 heteroatoms. The first-order chi connectivity index (χ1) is 8.64. The molecule has 1 aliphatic heterocycles. The van der Waals surface area contributed by atoms with Crippen molar-refractivity contribution in [2.24, 2.45) is 5.92 Å². The quantitative estimate of drug-likeness (QED) is 0.699. The Balaban J connectivity index is 1.99. The summed E-state index contributed by atoms with van der Waals surface area (Å²) in [5.74, 6) is -1.04. The van der Waals surface area contributed by atoms with Crippen LogP contribution in [-0.2, 0) is 9.59 Å². The first kappa shape index (κ1) is 13.3. The van der Waals surface area contributed by atoms with Gasteiger partial charge in [-0.15, -0.1) is 0 Å². The van der Waals surface area contributed by atoms with Crippen LogP contribution in [0.5, 0.6) is 0 Å². The number of carboxylic acids is 1. The van der Waals surface area contributed by atoms with Crippen molar-refractivity contribution in [1.82, 2.24) is 10.6 Å². The lowest BCUT2D eigenvalue weighted by atomic mass is 9.81. The highest BCUT2D eigenvalue weighted by Gasteiger charge is 2.42. The number of nitrogens with one attached hydrogen (secondary N) is 2. The van der Waals surface area contributed by atoms with Crippen LogP contribution in [0.4, 0.5) is 0 Å². The molecule has 1 heterocycles. The summed E-state index contributed by atoms with van der Waals surface area (Å²) in [7, 11) is 0. The third-order valence-corrected chi connectivity index (χ3v) is 4.15. The Morgan fingerprint density at radius 2 is 1.89 bits per heavy atom. The summed E-state index contributed by atoms with van der Waals surface area (Å²) in [6.07, 6.45) is 5.80. The molecule has 0 aromatic heterocycles. The minimum absolute atomic E-state index is 0.0723. The Morgan fingerprint density at radius 3 is 2.44 bits per heavy atom. The number of carboxylic acid groups (broad SMARTS) is 1. The molecule has 102 valence electrons. The van der Waals surface area contributed by atoms with E-state index in [-0.39, 0.29) is 11.8 Å². The Morgan fingerprint density at radius 1 is 1.17 bits per heavy atom. The number of rotatable bonds is 3. The van der Waals surface area contributed by atoms with E-state index in [9.17, 15) is 14.7 Å². The monoisotopic (exact) mass is 254 g/mol. The van der Waals surface area contributed by atoms with Crippen LogP contribution in [0, 0.1) is 5.92 Å². The van der Waals surface area contributed by atoms with E-state index in [1.54, 1.807) is 0 Å². The standard InChI is InChI=1S/C13H22N2O3/c16-11(10-5-4-8-14-9-10)15-13(12(17)18)6-2-1-3-7-13/h10,14H,1-9H2,(H,15,16)(H,17,18)/t10-/m0/s1. The lowest BCUT2D eigenvalue weighted by molar-refractivity contribution is -0.150. The third kappa shape index (κ3) is 2.83. The molecule has 1 atom stereocenters. The molecule has 0 unspecified atom stereocenters. The second-order valence-corrected chi connectivity index (χ2v) is 5.48. The number of aliphatic carboxylic acids is 1. The van der Waals surface area contributed by atoms with Gasteiger partial charge in [0, 0.05) is 6.54 Å². The minimum Gasteiger partial charge on any atom is -0.480 e. The molecule has 2 aliphatic rings. The zero-order valence-corrected chi connectivity index (χ0v) is 10.7. The van der Waals surface area contributed by atoms with Crippen molar-refractivity contribution in [3.05, 3.63) is 0 Å². The molecule has 0 aromatic rings. The molecule has 1 saturated heterocycles. The summed E-state index contributed by atoms with van der Waals surface area (Å²) >= 11 is 0. The predicted octanol–water partition coefficient (Wildman–Crippen LogP) is 0.890. The van der Waals surface area contributed by atoms with E-state index in [1.807, 2.05) is 0 Å². The van der Waals surface area contributed by atoms with E-state index >= 15 is 0 Å². The van der Waals surface area contributed by atoms with E-state index in [4.69, 9.17) is 0 Å². The highest BCUT2D eigenvalue weighted by atomic mass is 16.4. The molecule has 0 radical (unpaired) electrons. The van der Waals surface area contributed by atoms with Gasteiger partial charge in [0.05, 0.1) is 5.92 Å². The summed E-state index contributed by atoms with van der Waals surface area (Å²) in [4.78, 5) is 23.6. The molecule has 5 nitrogen and oxygen atoms in total. The topological polar surface area (TPSA) is 78.4 Å². The Bertz CT molecular complexity index is 318. The fourth-order valence-corrected chi connectivity index (χ4v) is 2.96. The number of carbonyl (C=O) groups excluding carboxylic acids is 1. The van der Waals surface area contributed by atoms with Gasteiger partial charge in [0.25, 0.3) is 0 Å². The number of carbonyl (C=O) groups is 2. The molecule has 2 fully saturated rings. The van der Waals surface area contributed by atoms with E-state index in [1.165, 1.54) is 0 Å². The van der Waals surface area contributed by atoms with E-state index in [0.29, 0.717) is 19.4 Å². The number of piperidine rings is 1. The largest absolute Gasteiger partial charge is 0.480 e. The van der Waals surface area contributed by atoms with Gasteiger partial charge in [0.1, 0.15) is 5.54 Å². The van der Waals surface area contributed by atoms with Crippen molar-refractivity contribution in [3.63, 3.8) is 0 Å². The van der Waals surface area contributed by atoms with Gasteiger partial charge in [-0.3, -0.25) is 4.79 Å². The Labute approximate surface area is 107 Å². The molecule has 0 bridgehead atoms. The Kier molecular flexibility index (Phi) is 4.22. The molecule has 3 N–H and O–H groups in total. The summed E-state index contributed by atoms with van der Waals surface area (Å²) in [6, 6.07) is 0. The van der Waals surface area contributed by atoms with Crippen molar-refractivity contribution < 1.29 is 14.7 Å². The van der Waals surface area contributed by atoms with Gasteiger partial charge in [-0.25, -0.2) is 4.79 Å². The van der Waals surface area contributed by atoms with Gasteiger partial charge in [0.2, 0.25) is 5.91 Å². The second kappa shape index (κ2) is 5.69. The maximum absolute atomic E-state index is 12.2. The lowest BCUT2D eigenvalue weighted by Gasteiger charge is -2.35. The van der Waals surface area contributed by atoms with Gasteiger partial charge in [-0.05, 0) is 32.2 Å². The van der Waals surface area contributed by atoms with Crippen molar-refractivity contribution >= 4 is 11.9 Å². The maximum atomic E-state index is 12.2. The highest BCUT2D eigenvalue weighted by Crippen LogP contribution is 2.29. The fourth-order valence-electron chi connectivity index (χ4n) is 2.96. The summed E-state index contributed by atoms with van der Waals surface area (Å²) < 4.78 is 0. The van der Waals surface area contributed by atoms with Crippen LogP contribution >= 0.6 is 0 Å². The van der Waals surface area contributed by atoms with Gasteiger partial charge in [0.15, 0.2) is 0 Å². The molecule has 0 spiro atoms. The fraction of sp³-hybridized carbons (Fsp3) is 0.846. The van der Waals surface area contributed by atoms with Crippen molar-refractivity contribution in [2.75, 3.05) is 13.1 Å². The smallest absolute Gasteiger partial charge is 0.329 e. The van der Waals surface area contributed by atoms with Crippen LogP contribution in [-0.4, -0.2) is 35.6 Å². The summed E-state index contributed by atoms with van der Waals surface area (Å²) in [6.45, 7) is 1.62. The normalized spacial score (nSPS) is 27.4. The number of hydrogen-bond donors (Lipinski definition) is 3. The third-order valence-electron chi connectivity index (χ3n) is 4.15.